The molecule has 0 saturated carbocycles. The molecule has 31 heavy (non-hydrogen) atoms. The summed E-state index contributed by atoms with van der Waals surface area (Å²) in [6.45, 7) is 2.28. The minimum absolute atomic E-state index is 0.158. The highest BCUT2D eigenvalue weighted by molar-refractivity contribution is 5.93. The van der Waals surface area contributed by atoms with Gasteiger partial charge in [0.1, 0.15) is 17.6 Å². The average molecular weight is 418 g/mol. The smallest absolute Gasteiger partial charge is 0.247 e. The normalized spacial score (nSPS) is 11.8. The standard InChI is InChI=1S/C25H26N2O4/c1-3-8-23(28)27(18-22-11-7-16-31-22)24(20-12-14-21(30-2)15-13-20)25(29)26-17-19-9-5-4-6-10-19/h3-16,24H,17-18H2,1-2H3,(H,26,29). The van der Waals surface area contributed by atoms with E-state index in [0.717, 1.165) is 5.56 Å². The van der Waals surface area contributed by atoms with E-state index in [0.29, 0.717) is 23.6 Å². The second-order valence-electron chi connectivity index (χ2n) is 6.92. The third-order valence-corrected chi connectivity index (χ3v) is 4.80. The molecule has 3 aromatic rings. The van der Waals surface area contributed by atoms with Crippen LogP contribution in [0, 0.1) is 0 Å². The van der Waals surface area contributed by atoms with Gasteiger partial charge in [0.05, 0.1) is 19.9 Å². The number of methoxy groups -OCH3 is 1. The topological polar surface area (TPSA) is 71.8 Å². The van der Waals surface area contributed by atoms with Gasteiger partial charge in [-0.1, -0.05) is 48.5 Å². The van der Waals surface area contributed by atoms with Crippen molar-refractivity contribution in [1.29, 1.82) is 0 Å². The number of carbonyl (C=O) groups excluding carboxylic acids is 2. The Kier molecular flexibility index (Phi) is 7.65. The second-order valence-corrected chi connectivity index (χ2v) is 6.92. The fourth-order valence-electron chi connectivity index (χ4n) is 3.25. The van der Waals surface area contributed by atoms with Crippen LogP contribution in [0.25, 0.3) is 0 Å². The molecule has 2 amide bonds. The number of ether oxygens (including phenoxy) is 1. The Morgan fingerprint density at radius 1 is 1.06 bits per heavy atom. The van der Waals surface area contributed by atoms with Gasteiger partial charge in [-0.2, -0.15) is 0 Å². The minimum atomic E-state index is -0.844. The molecule has 0 bridgehead atoms. The van der Waals surface area contributed by atoms with Crippen LogP contribution >= 0.6 is 0 Å². The molecule has 1 N–H and O–H groups in total. The summed E-state index contributed by atoms with van der Waals surface area (Å²) in [4.78, 5) is 27.8. The molecule has 0 radical (unpaired) electrons. The van der Waals surface area contributed by atoms with Gasteiger partial charge in [-0.25, -0.2) is 0 Å². The van der Waals surface area contributed by atoms with Gasteiger partial charge in [0.25, 0.3) is 0 Å². The van der Waals surface area contributed by atoms with Crippen LogP contribution in [-0.4, -0.2) is 23.8 Å². The van der Waals surface area contributed by atoms with Crippen molar-refractivity contribution in [2.45, 2.75) is 26.1 Å². The minimum Gasteiger partial charge on any atom is -0.497 e. The number of carbonyl (C=O) groups is 2. The molecule has 160 valence electrons. The zero-order chi connectivity index (χ0) is 22.1. The highest BCUT2D eigenvalue weighted by atomic mass is 16.5. The number of nitrogens with one attached hydrogen (secondary N) is 1. The lowest BCUT2D eigenvalue weighted by Gasteiger charge is -2.30. The maximum absolute atomic E-state index is 13.4. The summed E-state index contributed by atoms with van der Waals surface area (Å²) in [5.41, 5.74) is 1.65. The third kappa shape index (κ3) is 5.85. The quantitative estimate of drug-likeness (QED) is 0.528. The van der Waals surface area contributed by atoms with Gasteiger partial charge in [0.2, 0.25) is 11.8 Å². The predicted octanol–water partition coefficient (Wildman–Crippen LogP) is 4.25. The number of rotatable bonds is 9. The van der Waals surface area contributed by atoms with Crippen LogP contribution in [0.4, 0.5) is 0 Å². The molecule has 0 spiro atoms. The molecule has 0 aliphatic rings. The molecule has 1 unspecified atom stereocenters. The molecule has 2 aromatic carbocycles. The number of allylic oxidation sites excluding steroid dienone is 1. The van der Waals surface area contributed by atoms with Crippen LogP contribution in [0.15, 0.2) is 89.6 Å². The first-order valence-electron chi connectivity index (χ1n) is 10.0. The van der Waals surface area contributed by atoms with Crippen molar-refractivity contribution in [3.8, 4) is 5.75 Å². The molecule has 6 heteroatoms. The van der Waals surface area contributed by atoms with Gasteiger partial charge < -0.3 is 19.4 Å². The molecule has 0 fully saturated rings. The van der Waals surface area contributed by atoms with Crippen molar-refractivity contribution >= 4 is 11.8 Å². The summed E-state index contributed by atoms with van der Waals surface area (Å²) in [6.07, 6.45) is 4.65. The van der Waals surface area contributed by atoms with Crippen LogP contribution in [-0.2, 0) is 22.7 Å². The first-order chi connectivity index (χ1) is 15.1. The summed E-state index contributed by atoms with van der Waals surface area (Å²) in [7, 11) is 1.58. The Hall–Kier alpha value is -3.80. The van der Waals surface area contributed by atoms with Gasteiger partial charge in [0.15, 0.2) is 0 Å². The molecule has 6 nitrogen and oxygen atoms in total. The maximum atomic E-state index is 13.4. The lowest BCUT2D eigenvalue weighted by molar-refractivity contribution is -0.138. The molecule has 1 heterocycles. The Morgan fingerprint density at radius 3 is 2.42 bits per heavy atom. The van der Waals surface area contributed by atoms with Crippen molar-refractivity contribution < 1.29 is 18.7 Å². The SMILES string of the molecule is CC=CC(=O)N(Cc1ccco1)C(C(=O)NCc1ccccc1)c1ccc(OC)cc1. The summed E-state index contributed by atoms with van der Waals surface area (Å²) in [5.74, 6) is 0.699. The fourth-order valence-corrected chi connectivity index (χ4v) is 3.25. The summed E-state index contributed by atoms with van der Waals surface area (Å²) in [5, 5.41) is 2.96. The van der Waals surface area contributed by atoms with Gasteiger partial charge in [-0.05, 0) is 48.4 Å². The number of furan rings is 1. The lowest BCUT2D eigenvalue weighted by Crippen LogP contribution is -2.42. The molecule has 1 atom stereocenters. The summed E-state index contributed by atoms with van der Waals surface area (Å²) >= 11 is 0. The third-order valence-electron chi connectivity index (χ3n) is 4.80. The van der Waals surface area contributed by atoms with E-state index in [1.54, 1.807) is 62.8 Å². The predicted molar refractivity (Wildman–Crippen MR) is 118 cm³/mol. The zero-order valence-electron chi connectivity index (χ0n) is 17.7. The van der Waals surface area contributed by atoms with E-state index in [1.165, 1.54) is 11.0 Å². The van der Waals surface area contributed by atoms with E-state index in [1.807, 2.05) is 30.3 Å². The molecule has 0 aliphatic carbocycles. The number of benzene rings is 2. The number of hydrogen-bond donors (Lipinski definition) is 1. The van der Waals surface area contributed by atoms with Crippen molar-refractivity contribution in [3.05, 3.63) is 102 Å². The first kappa shape index (κ1) is 21.9. The highest BCUT2D eigenvalue weighted by Gasteiger charge is 2.31. The molecule has 0 aliphatic heterocycles. The molecule has 1 aromatic heterocycles. The Morgan fingerprint density at radius 2 is 1.81 bits per heavy atom. The van der Waals surface area contributed by atoms with E-state index in [-0.39, 0.29) is 18.4 Å². The van der Waals surface area contributed by atoms with E-state index in [4.69, 9.17) is 9.15 Å². The van der Waals surface area contributed by atoms with Crippen LogP contribution in [0.1, 0.15) is 29.9 Å². The number of hydrogen-bond acceptors (Lipinski definition) is 4. The van der Waals surface area contributed by atoms with Gasteiger partial charge >= 0.3 is 0 Å². The summed E-state index contributed by atoms with van der Waals surface area (Å²) in [6, 6.07) is 19.5. The van der Waals surface area contributed by atoms with Crippen LogP contribution in [0.5, 0.6) is 5.75 Å². The zero-order valence-corrected chi connectivity index (χ0v) is 17.7. The van der Waals surface area contributed by atoms with Crippen molar-refractivity contribution in [1.82, 2.24) is 10.2 Å². The van der Waals surface area contributed by atoms with E-state index in [9.17, 15) is 9.59 Å². The molecule has 3 rings (SSSR count). The molecule has 0 saturated heterocycles. The van der Waals surface area contributed by atoms with E-state index in [2.05, 4.69) is 5.32 Å². The van der Waals surface area contributed by atoms with Gasteiger partial charge in [0, 0.05) is 6.54 Å². The second kappa shape index (κ2) is 10.8. The molecular weight excluding hydrogens is 392 g/mol. The fraction of sp³-hybridized carbons (Fsp3) is 0.200. The monoisotopic (exact) mass is 418 g/mol. The molecular formula is C25H26N2O4. The van der Waals surface area contributed by atoms with Gasteiger partial charge in [-0.15, -0.1) is 0 Å². The van der Waals surface area contributed by atoms with Crippen molar-refractivity contribution in [2.24, 2.45) is 0 Å². The largest absolute Gasteiger partial charge is 0.497 e. The van der Waals surface area contributed by atoms with E-state index >= 15 is 0 Å². The summed E-state index contributed by atoms with van der Waals surface area (Å²) < 4.78 is 10.7. The Bertz CT molecular complexity index is 996. The Balaban J connectivity index is 1.94. The maximum Gasteiger partial charge on any atom is 0.247 e. The van der Waals surface area contributed by atoms with Crippen molar-refractivity contribution in [3.63, 3.8) is 0 Å². The number of amides is 2. The van der Waals surface area contributed by atoms with Gasteiger partial charge in [-0.3, -0.25) is 9.59 Å². The van der Waals surface area contributed by atoms with Crippen LogP contribution in [0.2, 0.25) is 0 Å². The number of nitrogens with zero attached hydrogens (tertiary/aromatic N) is 1. The van der Waals surface area contributed by atoms with Crippen LogP contribution in [0.3, 0.4) is 0 Å². The highest BCUT2D eigenvalue weighted by Crippen LogP contribution is 2.26. The van der Waals surface area contributed by atoms with Crippen LogP contribution < -0.4 is 10.1 Å². The average Bonchev–Trinajstić information content (AvgIpc) is 3.32. The van der Waals surface area contributed by atoms with Crippen molar-refractivity contribution in [2.75, 3.05) is 7.11 Å². The van der Waals surface area contributed by atoms with E-state index < -0.39 is 6.04 Å². The lowest BCUT2D eigenvalue weighted by atomic mass is 10.0. The Labute approximate surface area is 182 Å². The first-order valence-corrected chi connectivity index (χ1v) is 10.0.